The normalized spacial score (nSPS) is 14.4. The zero-order valence-electron chi connectivity index (χ0n) is 18.9. The molecule has 3 N–H and O–H groups in total. The fraction of sp³-hybridized carbons (Fsp3) is 0.391. The molecule has 3 heterocycles. The van der Waals surface area contributed by atoms with Crippen molar-refractivity contribution in [3.63, 3.8) is 0 Å². The Labute approximate surface area is 192 Å². The summed E-state index contributed by atoms with van der Waals surface area (Å²) >= 11 is 1.53. The number of Topliss-reactive ketones (excluding diaryl/α,β-unsaturated/α-hetero) is 1. The first-order valence-electron chi connectivity index (χ1n) is 10.8. The molecule has 0 bridgehead atoms. The first kappa shape index (κ1) is 22.1. The third-order valence-corrected chi connectivity index (χ3v) is 6.65. The van der Waals surface area contributed by atoms with Gasteiger partial charge in [-0.3, -0.25) is 9.89 Å². The smallest absolute Gasteiger partial charge is 0.196 e. The Hall–Kier alpha value is -3.07. The first-order chi connectivity index (χ1) is 15.4. The van der Waals surface area contributed by atoms with Gasteiger partial charge in [-0.2, -0.15) is 5.10 Å². The van der Waals surface area contributed by atoms with Crippen LogP contribution in [0.15, 0.2) is 40.4 Å². The van der Waals surface area contributed by atoms with E-state index < -0.39 is 0 Å². The molecule has 0 atom stereocenters. The molecule has 1 saturated heterocycles. The minimum atomic E-state index is 0.151. The molecule has 0 amide bonds. The maximum absolute atomic E-state index is 11.8. The summed E-state index contributed by atoms with van der Waals surface area (Å²) in [6, 6.07) is 10.1. The Morgan fingerprint density at radius 2 is 1.88 bits per heavy atom. The summed E-state index contributed by atoms with van der Waals surface area (Å²) < 4.78 is 0. The van der Waals surface area contributed by atoms with E-state index in [1.807, 2.05) is 39.1 Å². The van der Waals surface area contributed by atoms with Gasteiger partial charge in [0, 0.05) is 54.0 Å². The molecular weight excluding hydrogens is 422 g/mol. The van der Waals surface area contributed by atoms with Gasteiger partial charge in [0.05, 0.1) is 0 Å². The number of aromatic nitrogens is 4. The number of nitrogens with one attached hydrogen (secondary N) is 3. The number of carbonyl (C=O) groups is 1. The summed E-state index contributed by atoms with van der Waals surface area (Å²) in [6.07, 6.45) is 1.71. The number of piperidine rings is 1. The van der Waals surface area contributed by atoms with Crippen molar-refractivity contribution in [1.82, 2.24) is 20.2 Å². The zero-order chi connectivity index (χ0) is 22.7. The van der Waals surface area contributed by atoms with Crippen LogP contribution in [0.4, 0.5) is 23.1 Å². The Morgan fingerprint density at radius 1 is 1.16 bits per heavy atom. The van der Waals surface area contributed by atoms with E-state index in [0.29, 0.717) is 5.16 Å². The molecule has 3 aromatic rings. The highest BCUT2D eigenvalue weighted by Crippen LogP contribution is 2.34. The van der Waals surface area contributed by atoms with Crippen LogP contribution in [0.2, 0.25) is 0 Å². The third kappa shape index (κ3) is 5.04. The quantitative estimate of drug-likeness (QED) is 0.450. The molecule has 8 nitrogen and oxygen atoms in total. The number of H-pyrrole nitrogens is 1. The van der Waals surface area contributed by atoms with Gasteiger partial charge in [0.15, 0.2) is 11.0 Å². The fourth-order valence-corrected chi connectivity index (χ4v) is 4.61. The van der Waals surface area contributed by atoms with Crippen LogP contribution in [0.5, 0.6) is 0 Å². The number of hydrogen-bond acceptors (Lipinski definition) is 8. The van der Waals surface area contributed by atoms with Gasteiger partial charge in [-0.1, -0.05) is 0 Å². The maximum Gasteiger partial charge on any atom is 0.196 e. The molecule has 2 aromatic heterocycles. The van der Waals surface area contributed by atoms with Crippen LogP contribution < -0.4 is 15.5 Å². The number of aromatic amines is 1. The number of benzene rings is 1. The van der Waals surface area contributed by atoms with Crippen LogP contribution in [-0.4, -0.2) is 46.1 Å². The average molecular weight is 452 g/mol. The summed E-state index contributed by atoms with van der Waals surface area (Å²) in [4.78, 5) is 24.9. The molecule has 1 fully saturated rings. The zero-order valence-corrected chi connectivity index (χ0v) is 19.7. The molecule has 4 rings (SSSR count). The van der Waals surface area contributed by atoms with Crippen molar-refractivity contribution in [3.05, 3.63) is 41.6 Å². The summed E-state index contributed by atoms with van der Waals surface area (Å²) in [5, 5.41) is 14.4. The molecule has 1 aromatic carbocycles. The molecular formula is C23H29N7OS. The molecule has 0 spiro atoms. The highest BCUT2D eigenvalue weighted by atomic mass is 32.2. The minimum Gasteiger partial charge on any atom is -0.388 e. The van der Waals surface area contributed by atoms with Crippen molar-refractivity contribution >= 4 is 40.7 Å². The Balaban J connectivity index is 1.64. The first-order valence-corrected chi connectivity index (χ1v) is 11.6. The Bertz CT molecular complexity index is 1090. The largest absolute Gasteiger partial charge is 0.388 e. The van der Waals surface area contributed by atoms with Crippen LogP contribution in [0.25, 0.3) is 0 Å². The number of nitrogens with zero attached hydrogens (tertiary/aromatic N) is 4. The number of carbonyl (C=O) groups excluding carboxylic acids is 1. The lowest BCUT2D eigenvalue weighted by molar-refractivity contribution is -0.121. The van der Waals surface area contributed by atoms with E-state index in [4.69, 9.17) is 9.97 Å². The Kier molecular flexibility index (Phi) is 6.64. The van der Waals surface area contributed by atoms with E-state index in [1.54, 1.807) is 6.92 Å². The Morgan fingerprint density at radius 3 is 2.47 bits per heavy atom. The summed E-state index contributed by atoms with van der Waals surface area (Å²) in [6.45, 7) is 7.31. The van der Waals surface area contributed by atoms with Crippen molar-refractivity contribution in [2.24, 2.45) is 5.92 Å². The van der Waals surface area contributed by atoms with Crippen LogP contribution in [0.1, 0.15) is 31.0 Å². The van der Waals surface area contributed by atoms with Crippen molar-refractivity contribution in [1.29, 1.82) is 0 Å². The number of hydrogen-bond donors (Lipinski definition) is 3. The van der Waals surface area contributed by atoms with Gasteiger partial charge in [-0.05, 0) is 69.6 Å². The highest BCUT2D eigenvalue weighted by molar-refractivity contribution is 7.99. The highest BCUT2D eigenvalue weighted by Gasteiger charge is 2.25. The van der Waals surface area contributed by atoms with Gasteiger partial charge < -0.3 is 15.5 Å². The minimum absolute atomic E-state index is 0.151. The average Bonchev–Trinajstić information content (AvgIpc) is 3.21. The lowest BCUT2D eigenvalue weighted by Crippen LogP contribution is -2.37. The van der Waals surface area contributed by atoms with E-state index in [0.717, 1.165) is 65.2 Å². The van der Waals surface area contributed by atoms with Crippen molar-refractivity contribution in [3.8, 4) is 0 Å². The maximum atomic E-state index is 11.8. The summed E-state index contributed by atoms with van der Waals surface area (Å²) in [5.41, 5.74) is 3.01. The van der Waals surface area contributed by atoms with E-state index in [9.17, 15) is 4.79 Å². The molecule has 32 heavy (non-hydrogen) atoms. The van der Waals surface area contributed by atoms with Crippen LogP contribution in [-0.2, 0) is 4.79 Å². The van der Waals surface area contributed by atoms with E-state index in [2.05, 4.69) is 37.9 Å². The van der Waals surface area contributed by atoms with Gasteiger partial charge in [-0.15, -0.1) is 0 Å². The van der Waals surface area contributed by atoms with Gasteiger partial charge in [0.25, 0.3) is 0 Å². The molecule has 1 aliphatic heterocycles. The molecule has 168 valence electrons. The second kappa shape index (κ2) is 9.60. The summed E-state index contributed by atoms with van der Waals surface area (Å²) in [5.74, 6) is 2.80. The number of ketones is 1. The van der Waals surface area contributed by atoms with Crippen molar-refractivity contribution in [2.45, 2.75) is 43.7 Å². The summed E-state index contributed by atoms with van der Waals surface area (Å²) in [7, 11) is 1.90. The predicted octanol–water partition coefficient (Wildman–Crippen LogP) is 4.56. The second-order valence-corrected chi connectivity index (χ2v) is 9.15. The van der Waals surface area contributed by atoms with Crippen molar-refractivity contribution in [2.75, 3.05) is 35.7 Å². The molecule has 0 aliphatic carbocycles. The molecule has 0 unspecified atom stereocenters. The third-order valence-electron chi connectivity index (χ3n) is 5.77. The molecule has 9 heteroatoms. The van der Waals surface area contributed by atoms with Crippen LogP contribution in [0, 0.1) is 19.8 Å². The van der Waals surface area contributed by atoms with E-state index in [-0.39, 0.29) is 11.7 Å². The number of rotatable bonds is 7. The van der Waals surface area contributed by atoms with Gasteiger partial charge >= 0.3 is 0 Å². The van der Waals surface area contributed by atoms with Crippen molar-refractivity contribution < 1.29 is 4.79 Å². The van der Waals surface area contributed by atoms with Gasteiger partial charge in [0.2, 0.25) is 0 Å². The van der Waals surface area contributed by atoms with Gasteiger partial charge in [0.1, 0.15) is 17.4 Å². The lowest BCUT2D eigenvalue weighted by Gasteiger charge is -2.33. The van der Waals surface area contributed by atoms with Crippen LogP contribution >= 0.6 is 11.8 Å². The lowest BCUT2D eigenvalue weighted by atomic mass is 9.93. The number of aryl methyl sites for hydroxylation is 1. The SMILES string of the molecule is CNc1ccc(Sc2nc(Nc3cc(C)[nH]n3)c(C)c(N3CCC(C(C)=O)CC3)n2)cc1. The number of anilines is 4. The van der Waals surface area contributed by atoms with E-state index >= 15 is 0 Å². The van der Waals surface area contributed by atoms with Gasteiger partial charge in [-0.25, -0.2) is 9.97 Å². The van der Waals surface area contributed by atoms with E-state index in [1.165, 1.54) is 11.8 Å². The molecule has 0 radical (unpaired) electrons. The fourth-order valence-electron chi connectivity index (χ4n) is 3.86. The predicted molar refractivity (Wildman–Crippen MR) is 129 cm³/mol. The van der Waals surface area contributed by atoms with Crippen LogP contribution in [0.3, 0.4) is 0 Å². The molecule has 1 aliphatic rings. The monoisotopic (exact) mass is 451 g/mol. The molecule has 0 saturated carbocycles. The topological polar surface area (TPSA) is 98.8 Å². The standard InChI is InChI=1S/C23H29N7OS/c1-14-13-20(29-28-14)25-21-15(2)22(30-11-9-17(10-12-30)16(3)31)27-23(26-21)32-19-7-5-18(24-4)6-8-19/h5-8,13,17,24H,9-12H2,1-4H3,(H2,25,26,27,28,29). The second-order valence-electron chi connectivity index (χ2n) is 8.11.